The molecule has 0 radical (unpaired) electrons. The molecular weight excluding hydrogens is 156 g/mol. The molecule has 1 aromatic carbocycles. The standard InChI is InChI=1S/C9H10OS/c10-8-4-1-5-9-7(8)3-2-6-11-9/h1,4-5,10H,2-3,6H2. The Kier molecular flexibility index (Phi) is 1.78. The topological polar surface area (TPSA) is 20.2 Å². The number of thioether (sulfide) groups is 1. The number of hydrogen-bond acceptors (Lipinski definition) is 2. The van der Waals surface area contributed by atoms with Crippen molar-refractivity contribution in [3.8, 4) is 5.75 Å². The van der Waals surface area contributed by atoms with E-state index in [4.69, 9.17) is 0 Å². The second-order valence-electron chi connectivity index (χ2n) is 2.71. The zero-order valence-corrected chi connectivity index (χ0v) is 7.03. The molecule has 1 aromatic rings. The van der Waals surface area contributed by atoms with Crippen molar-refractivity contribution in [2.75, 3.05) is 5.75 Å². The highest BCUT2D eigenvalue weighted by molar-refractivity contribution is 7.99. The lowest BCUT2D eigenvalue weighted by atomic mass is 10.1. The first-order chi connectivity index (χ1) is 5.38. The summed E-state index contributed by atoms with van der Waals surface area (Å²) < 4.78 is 0. The lowest BCUT2D eigenvalue weighted by Gasteiger charge is -2.15. The maximum atomic E-state index is 9.44. The normalized spacial score (nSPS) is 16.0. The summed E-state index contributed by atoms with van der Waals surface area (Å²) in [6, 6.07) is 5.76. The van der Waals surface area contributed by atoms with Gasteiger partial charge in [0.05, 0.1) is 0 Å². The van der Waals surface area contributed by atoms with Crippen LogP contribution in [0.25, 0.3) is 0 Å². The Morgan fingerprint density at radius 3 is 3.09 bits per heavy atom. The lowest BCUT2D eigenvalue weighted by Crippen LogP contribution is -1.97. The number of benzene rings is 1. The Morgan fingerprint density at radius 2 is 2.27 bits per heavy atom. The minimum Gasteiger partial charge on any atom is -0.508 e. The van der Waals surface area contributed by atoms with Crippen molar-refractivity contribution in [2.24, 2.45) is 0 Å². The fraction of sp³-hybridized carbons (Fsp3) is 0.333. The summed E-state index contributed by atoms with van der Waals surface area (Å²) in [5.74, 6) is 1.66. The van der Waals surface area contributed by atoms with Crippen LogP contribution in [-0.2, 0) is 6.42 Å². The average Bonchev–Trinajstić information content (AvgIpc) is 2.06. The molecule has 1 N–H and O–H groups in total. The first-order valence-corrected chi connectivity index (χ1v) is 4.80. The average molecular weight is 166 g/mol. The fourth-order valence-corrected chi connectivity index (χ4v) is 2.44. The van der Waals surface area contributed by atoms with Crippen molar-refractivity contribution in [2.45, 2.75) is 17.7 Å². The van der Waals surface area contributed by atoms with Gasteiger partial charge in [0.1, 0.15) is 5.75 Å². The van der Waals surface area contributed by atoms with Crippen LogP contribution in [0.3, 0.4) is 0 Å². The molecule has 0 saturated carbocycles. The van der Waals surface area contributed by atoms with Gasteiger partial charge in [-0.3, -0.25) is 0 Å². The zero-order chi connectivity index (χ0) is 7.68. The van der Waals surface area contributed by atoms with E-state index in [2.05, 4.69) is 6.07 Å². The molecule has 0 atom stereocenters. The molecule has 0 amide bonds. The first-order valence-electron chi connectivity index (χ1n) is 3.81. The third kappa shape index (κ3) is 1.23. The molecule has 1 heterocycles. The maximum absolute atomic E-state index is 9.44. The largest absolute Gasteiger partial charge is 0.508 e. The molecule has 0 aromatic heterocycles. The van der Waals surface area contributed by atoms with E-state index in [1.54, 1.807) is 6.07 Å². The van der Waals surface area contributed by atoms with Gasteiger partial charge in [-0.2, -0.15) is 0 Å². The molecule has 0 fully saturated rings. The van der Waals surface area contributed by atoms with Crippen molar-refractivity contribution < 1.29 is 5.11 Å². The molecule has 0 spiro atoms. The van der Waals surface area contributed by atoms with Crippen LogP contribution in [0.2, 0.25) is 0 Å². The predicted octanol–water partition coefficient (Wildman–Crippen LogP) is 2.43. The highest BCUT2D eigenvalue weighted by atomic mass is 32.2. The van der Waals surface area contributed by atoms with Crippen LogP contribution >= 0.6 is 11.8 Å². The molecule has 2 rings (SSSR count). The molecule has 0 aliphatic carbocycles. The summed E-state index contributed by atoms with van der Waals surface area (Å²) in [4.78, 5) is 1.26. The van der Waals surface area contributed by atoms with Crippen LogP contribution in [-0.4, -0.2) is 10.9 Å². The van der Waals surface area contributed by atoms with Crippen molar-refractivity contribution >= 4 is 11.8 Å². The van der Waals surface area contributed by atoms with Crippen LogP contribution < -0.4 is 0 Å². The quantitative estimate of drug-likeness (QED) is 0.638. The lowest BCUT2D eigenvalue weighted by molar-refractivity contribution is 0.465. The van der Waals surface area contributed by atoms with Gasteiger partial charge in [0.2, 0.25) is 0 Å². The van der Waals surface area contributed by atoms with Gasteiger partial charge >= 0.3 is 0 Å². The number of hydrogen-bond donors (Lipinski definition) is 1. The van der Waals surface area contributed by atoms with Gasteiger partial charge in [-0.25, -0.2) is 0 Å². The molecule has 1 nitrogen and oxygen atoms in total. The van der Waals surface area contributed by atoms with E-state index < -0.39 is 0 Å². The molecule has 1 aliphatic rings. The number of phenols is 1. The number of rotatable bonds is 0. The molecule has 0 saturated heterocycles. The van der Waals surface area contributed by atoms with E-state index in [9.17, 15) is 5.11 Å². The van der Waals surface area contributed by atoms with Crippen molar-refractivity contribution in [3.05, 3.63) is 23.8 Å². The van der Waals surface area contributed by atoms with Gasteiger partial charge in [0, 0.05) is 10.5 Å². The van der Waals surface area contributed by atoms with E-state index in [0.717, 1.165) is 12.0 Å². The Labute approximate surface area is 70.4 Å². The van der Waals surface area contributed by atoms with Gasteiger partial charge < -0.3 is 5.11 Å². The molecular formula is C9H10OS. The van der Waals surface area contributed by atoms with Crippen molar-refractivity contribution in [1.29, 1.82) is 0 Å². The first kappa shape index (κ1) is 7.04. The van der Waals surface area contributed by atoms with E-state index in [0.29, 0.717) is 5.75 Å². The van der Waals surface area contributed by atoms with Crippen LogP contribution in [0.4, 0.5) is 0 Å². The van der Waals surface area contributed by atoms with Gasteiger partial charge in [-0.05, 0) is 30.7 Å². The van der Waals surface area contributed by atoms with E-state index >= 15 is 0 Å². The summed E-state index contributed by atoms with van der Waals surface area (Å²) in [5.41, 5.74) is 1.14. The highest BCUT2D eigenvalue weighted by Crippen LogP contribution is 2.34. The molecule has 2 heteroatoms. The van der Waals surface area contributed by atoms with E-state index in [1.807, 2.05) is 17.8 Å². The van der Waals surface area contributed by atoms with Crippen LogP contribution in [0.1, 0.15) is 12.0 Å². The molecule has 0 unspecified atom stereocenters. The van der Waals surface area contributed by atoms with Crippen LogP contribution in [0.5, 0.6) is 5.75 Å². The summed E-state index contributed by atoms with van der Waals surface area (Å²) in [6.07, 6.45) is 2.23. The Balaban J connectivity index is 2.49. The third-order valence-corrected chi connectivity index (χ3v) is 3.12. The molecule has 58 valence electrons. The van der Waals surface area contributed by atoms with Crippen LogP contribution in [0.15, 0.2) is 23.1 Å². The van der Waals surface area contributed by atoms with Crippen LogP contribution in [0, 0.1) is 0 Å². The summed E-state index contributed by atoms with van der Waals surface area (Å²) in [5, 5.41) is 9.44. The van der Waals surface area contributed by atoms with E-state index in [1.165, 1.54) is 17.1 Å². The molecule has 0 bridgehead atoms. The summed E-state index contributed by atoms with van der Waals surface area (Å²) in [7, 11) is 0. The zero-order valence-electron chi connectivity index (χ0n) is 6.21. The minimum atomic E-state index is 0.467. The van der Waals surface area contributed by atoms with Gasteiger partial charge in [-0.15, -0.1) is 11.8 Å². The maximum Gasteiger partial charge on any atom is 0.119 e. The number of fused-ring (bicyclic) bond motifs is 1. The number of aromatic hydroxyl groups is 1. The Hall–Kier alpha value is -0.630. The second-order valence-corrected chi connectivity index (χ2v) is 3.84. The van der Waals surface area contributed by atoms with Gasteiger partial charge in [0.25, 0.3) is 0 Å². The predicted molar refractivity (Wildman–Crippen MR) is 47.2 cm³/mol. The molecule has 11 heavy (non-hydrogen) atoms. The van der Waals surface area contributed by atoms with Crippen molar-refractivity contribution in [3.63, 3.8) is 0 Å². The minimum absolute atomic E-state index is 0.467. The summed E-state index contributed by atoms with van der Waals surface area (Å²) >= 11 is 1.84. The monoisotopic (exact) mass is 166 g/mol. The Morgan fingerprint density at radius 1 is 1.36 bits per heavy atom. The smallest absolute Gasteiger partial charge is 0.119 e. The van der Waals surface area contributed by atoms with Gasteiger partial charge in [-0.1, -0.05) is 6.07 Å². The Bertz CT molecular complexity index is 270. The van der Waals surface area contributed by atoms with E-state index in [-0.39, 0.29) is 0 Å². The number of phenolic OH excluding ortho intramolecular Hbond substituents is 1. The molecule has 1 aliphatic heterocycles. The second kappa shape index (κ2) is 2.78. The van der Waals surface area contributed by atoms with Crippen molar-refractivity contribution in [1.82, 2.24) is 0 Å². The highest BCUT2D eigenvalue weighted by Gasteiger charge is 2.11. The van der Waals surface area contributed by atoms with Gasteiger partial charge in [0.15, 0.2) is 0 Å². The fourth-order valence-electron chi connectivity index (χ4n) is 1.37. The third-order valence-electron chi connectivity index (χ3n) is 1.94. The summed E-state index contributed by atoms with van der Waals surface area (Å²) in [6.45, 7) is 0. The SMILES string of the molecule is Oc1cccc2c1CCCS2.